The monoisotopic (exact) mass is 208 g/mol. The van der Waals surface area contributed by atoms with Gasteiger partial charge in [0.25, 0.3) is 0 Å². The second-order valence-electron chi connectivity index (χ2n) is 3.80. The normalized spacial score (nSPS) is 12.6. The lowest BCUT2D eigenvalue weighted by Gasteiger charge is -2.16. The van der Waals surface area contributed by atoms with Crippen LogP contribution < -0.4 is 0 Å². The van der Waals surface area contributed by atoms with Crippen molar-refractivity contribution in [2.24, 2.45) is 5.92 Å². The van der Waals surface area contributed by atoms with Crippen LogP contribution in [0.15, 0.2) is 12.3 Å². The van der Waals surface area contributed by atoms with Crippen LogP contribution in [0.2, 0.25) is 0 Å². The fourth-order valence-corrected chi connectivity index (χ4v) is 1.42. The van der Waals surface area contributed by atoms with Crippen LogP contribution in [-0.4, -0.2) is 23.0 Å². The lowest BCUT2D eigenvalue weighted by molar-refractivity contribution is -0.143. The van der Waals surface area contributed by atoms with Gasteiger partial charge in [0.05, 0.1) is 7.11 Å². The maximum absolute atomic E-state index is 11.6. The van der Waals surface area contributed by atoms with Crippen LogP contribution in [0.5, 0.6) is 0 Å². The van der Waals surface area contributed by atoms with Crippen LogP contribution in [0.4, 0.5) is 0 Å². The van der Waals surface area contributed by atoms with E-state index >= 15 is 0 Å². The first-order valence-electron chi connectivity index (χ1n) is 4.93. The molecule has 0 aliphatic rings. The van der Waals surface area contributed by atoms with Crippen molar-refractivity contribution < 1.29 is 9.53 Å². The van der Waals surface area contributed by atoms with Crippen molar-refractivity contribution in [1.82, 2.24) is 9.97 Å². The minimum absolute atomic E-state index is 0.124. The number of aryl methyl sites for hydroxylation is 1. The van der Waals surface area contributed by atoms with Gasteiger partial charge in [-0.3, -0.25) is 4.79 Å². The first kappa shape index (κ1) is 11.6. The summed E-state index contributed by atoms with van der Waals surface area (Å²) >= 11 is 0. The molecule has 0 spiro atoms. The average Bonchev–Trinajstić information content (AvgIpc) is 2.17. The molecular weight excluding hydrogens is 192 g/mol. The molecular formula is C11H16N2O2. The van der Waals surface area contributed by atoms with E-state index < -0.39 is 0 Å². The molecule has 0 N–H and O–H groups in total. The van der Waals surface area contributed by atoms with E-state index in [1.54, 1.807) is 12.3 Å². The summed E-state index contributed by atoms with van der Waals surface area (Å²) in [6.45, 7) is 5.78. The SMILES string of the molecule is COC(=O)C(c1nccc(C)n1)C(C)C. The van der Waals surface area contributed by atoms with Gasteiger partial charge in [0.2, 0.25) is 0 Å². The highest BCUT2D eigenvalue weighted by molar-refractivity contribution is 5.77. The lowest BCUT2D eigenvalue weighted by Crippen LogP contribution is -2.22. The highest BCUT2D eigenvalue weighted by Gasteiger charge is 2.27. The van der Waals surface area contributed by atoms with Gasteiger partial charge in [-0.2, -0.15) is 0 Å². The molecule has 1 heterocycles. The standard InChI is InChI=1S/C11H16N2O2/c1-7(2)9(11(14)15-4)10-12-6-5-8(3)13-10/h5-7,9H,1-4H3. The van der Waals surface area contributed by atoms with Gasteiger partial charge in [-0.1, -0.05) is 13.8 Å². The molecule has 4 heteroatoms. The van der Waals surface area contributed by atoms with E-state index in [2.05, 4.69) is 9.97 Å². The number of hydrogen-bond donors (Lipinski definition) is 0. The van der Waals surface area contributed by atoms with E-state index in [4.69, 9.17) is 4.74 Å². The van der Waals surface area contributed by atoms with Crippen molar-refractivity contribution in [1.29, 1.82) is 0 Å². The molecule has 0 bridgehead atoms. The number of ether oxygens (including phenoxy) is 1. The summed E-state index contributed by atoms with van der Waals surface area (Å²) < 4.78 is 4.75. The molecule has 1 rings (SSSR count). The van der Waals surface area contributed by atoms with E-state index in [0.717, 1.165) is 5.69 Å². The fraction of sp³-hybridized carbons (Fsp3) is 0.545. The Kier molecular flexibility index (Phi) is 3.77. The van der Waals surface area contributed by atoms with Crippen LogP contribution >= 0.6 is 0 Å². The number of carbonyl (C=O) groups is 1. The summed E-state index contributed by atoms with van der Waals surface area (Å²) in [7, 11) is 1.38. The van der Waals surface area contributed by atoms with Gasteiger partial charge in [-0.25, -0.2) is 9.97 Å². The summed E-state index contributed by atoms with van der Waals surface area (Å²) in [6.07, 6.45) is 1.66. The van der Waals surface area contributed by atoms with Crippen LogP contribution in [0, 0.1) is 12.8 Å². The van der Waals surface area contributed by atoms with Crippen LogP contribution in [0.3, 0.4) is 0 Å². The number of nitrogens with zero attached hydrogens (tertiary/aromatic N) is 2. The van der Waals surface area contributed by atoms with Gasteiger partial charge in [-0.15, -0.1) is 0 Å². The zero-order chi connectivity index (χ0) is 11.4. The minimum atomic E-state index is -0.380. The van der Waals surface area contributed by atoms with Crippen molar-refractivity contribution in [3.8, 4) is 0 Å². The Morgan fingerprint density at radius 1 is 1.47 bits per heavy atom. The minimum Gasteiger partial charge on any atom is -0.468 e. The van der Waals surface area contributed by atoms with Crippen LogP contribution in [0.1, 0.15) is 31.3 Å². The van der Waals surface area contributed by atoms with Gasteiger partial charge >= 0.3 is 5.97 Å². The summed E-state index contributed by atoms with van der Waals surface area (Å²) in [5.74, 6) is 0.00148. The van der Waals surface area contributed by atoms with Crippen molar-refractivity contribution >= 4 is 5.97 Å². The molecule has 0 saturated heterocycles. The molecule has 1 aromatic rings. The quantitative estimate of drug-likeness (QED) is 0.709. The molecule has 0 saturated carbocycles. The number of esters is 1. The summed E-state index contributed by atoms with van der Waals surface area (Å²) in [4.78, 5) is 19.9. The fourth-order valence-electron chi connectivity index (χ4n) is 1.42. The number of hydrogen-bond acceptors (Lipinski definition) is 4. The van der Waals surface area contributed by atoms with Crippen molar-refractivity contribution in [3.05, 3.63) is 23.8 Å². The van der Waals surface area contributed by atoms with E-state index in [1.807, 2.05) is 20.8 Å². The zero-order valence-electron chi connectivity index (χ0n) is 9.52. The molecule has 1 unspecified atom stereocenters. The van der Waals surface area contributed by atoms with Gasteiger partial charge in [0, 0.05) is 11.9 Å². The predicted octanol–water partition coefficient (Wildman–Crippen LogP) is 1.70. The molecule has 4 nitrogen and oxygen atoms in total. The molecule has 82 valence electrons. The maximum atomic E-state index is 11.6. The summed E-state index contributed by atoms with van der Waals surface area (Å²) in [5.41, 5.74) is 0.856. The van der Waals surface area contributed by atoms with E-state index in [0.29, 0.717) is 5.82 Å². The number of aromatic nitrogens is 2. The van der Waals surface area contributed by atoms with E-state index in [1.165, 1.54) is 7.11 Å². The highest BCUT2D eigenvalue weighted by atomic mass is 16.5. The van der Waals surface area contributed by atoms with Crippen molar-refractivity contribution in [3.63, 3.8) is 0 Å². The topological polar surface area (TPSA) is 52.1 Å². The maximum Gasteiger partial charge on any atom is 0.316 e. The van der Waals surface area contributed by atoms with E-state index in [9.17, 15) is 4.79 Å². The second-order valence-corrected chi connectivity index (χ2v) is 3.80. The zero-order valence-corrected chi connectivity index (χ0v) is 9.52. The Bertz CT molecular complexity index is 350. The number of methoxy groups -OCH3 is 1. The first-order chi connectivity index (χ1) is 7.06. The predicted molar refractivity (Wildman–Crippen MR) is 56.4 cm³/mol. The van der Waals surface area contributed by atoms with Gasteiger partial charge in [0.15, 0.2) is 0 Å². The molecule has 0 radical (unpaired) electrons. The molecule has 0 aromatic carbocycles. The molecule has 1 aromatic heterocycles. The second kappa shape index (κ2) is 4.87. The number of rotatable bonds is 3. The smallest absolute Gasteiger partial charge is 0.316 e. The molecule has 1 atom stereocenters. The Hall–Kier alpha value is -1.45. The number of carbonyl (C=O) groups excluding carboxylic acids is 1. The summed E-state index contributed by atoms with van der Waals surface area (Å²) in [6, 6.07) is 1.80. The highest BCUT2D eigenvalue weighted by Crippen LogP contribution is 2.22. The molecule has 15 heavy (non-hydrogen) atoms. The van der Waals surface area contributed by atoms with Gasteiger partial charge in [-0.05, 0) is 18.9 Å². The third-order valence-electron chi connectivity index (χ3n) is 2.21. The molecule has 0 aliphatic heterocycles. The van der Waals surface area contributed by atoms with Gasteiger partial charge < -0.3 is 4.74 Å². The van der Waals surface area contributed by atoms with Crippen molar-refractivity contribution in [2.75, 3.05) is 7.11 Å². The molecule has 0 aliphatic carbocycles. The molecule has 0 fully saturated rings. The summed E-state index contributed by atoms with van der Waals surface area (Å²) in [5, 5.41) is 0. The first-order valence-corrected chi connectivity index (χ1v) is 4.93. The molecule has 0 amide bonds. The average molecular weight is 208 g/mol. The van der Waals surface area contributed by atoms with E-state index in [-0.39, 0.29) is 17.8 Å². The Labute approximate surface area is 89.7 Å². The third kappa shape index (κ3) is 2.75. The largest absolute Gasteiger partial charge is 0.468 e. The third-order valence-corrected chi connectivity index (χ3v) is 2.21. The Morgan fingerprint density at radius 3 is 2.60 bits per heavy atom. The Morgan fingerprint density at radius 2 is 2.13 bits per heavy atom. The lowest BCUT2D eigenvalue weighted by atomic mass is 9.95. The van der Waals surface area contributed by atoms with Crippen LogP contribution in [0.25, 0.3) is 0 Å². The van der Waals surface area contributed by atoms with Gasteiger partial charge in [0.1, 0.15) is 11.7 Å². The van der Waals surface area contributed by atoms with Crippen molar-refractivity contribution in [2.45, 2.75) is 26.7 Å². The Balaban J connectivity index is 3.04. The van der Waals surface area contributed by atoms with Crippen LogP contribution in [-0.2, 0) is 9.53 Å².